The summed E-state index contributed by atoms with van der Waals surface area (Å²) in [4.78, 5) is 36.7. The highest BCUT2D eigenvalue weighted by Crippen LogP contribution is 2.33. The van der Waals surface area contributed by atoms with E-state index in [0.29, 0.717) is 18.4 Å². The Morgan fingerprint density at radius 3 is 2.54 bits per heavy atom. The number of aromatic amines is 1. The average molecular weight is 358 g/mol. The first-order valence-corrected chi connectivity index (χ1v) is 10.3. The zero-order valence-electron chi connectivity index (χ0n) is 15.7. The average Bonchev–Trinajstić information content (AvgIpc) is 3.04. The molecule has 1 aromatic rings. The lowest BCUT2D eigenvalue weighted by Crippen LogP contribution is -2.38. The number of carbonyl (C=O) groups excluding carboxylic acids is 1. The predicted octanol–water partition coefficient (Wildman–Crippen LogP) is 2.65. The second-order valence-corrected chi connectivity index (χ2v) is 8.40. The smallest absolute Gasteiger partial charge is 0.252 e. The van der Waals surface area contributed by atoms with Crippen LogP contribution in [0, 0.1) is 5.92 Å². The molecule has 0 radical (unpaired) electrons. The minimum Gasteiger partial charge on any atom is -0.342 e. The first-order chi connectivity index (χ1) is 12.6. The predicted molar refractivity (Wildman–Crippen MR) is 101 cm³/mol. The van der Waals surface area contributed by atoms with Gasteiger partial charge in [0.05, 0.1) is 5.69 Å². The number of H-pyrrole nitrogens is 1. The van der Waals surface area contributed by atoms with Gasteiger partial charge in [0, 0.05) is 44.1 Å². The van der Waals surface area contributed by atoms with E-state index in [1.807, 2.05) is 0 Å². The largest absolute Gasteiger partial charge is 0.342 e. The number of hydrogen-bond acceptors (Lipinski definition) is 4. The minimum absolute atomic E-state index is 0.0502. The van der Waals surface area contributed by atoms with Gasteiger partial charge in [-0.2, -0.15) is 0 Å². The third-order valence-electron chi connectivity index (χ3n) is 6.42. The van der Waals surface area contributed by atoms with Crippen LogP contribution in [0.3, 0.4) is 0 Å². The van der Waals surface area contributed by atoms with Gasteiger partial charge >= 0.3 is 0 Å². The Bertz CT molecular complexity index is 702. The van der Waals surface area contributed by atoms with E-state index in [1.165, 1.54) is 19.3 Å². The Balaban J connectivity index is 1.50. The van der Waals surface area contributed by atoms with Crippen molar-refractivity contribution in [2.75, 3.05) is 24.5 Å². The highest BCUT2D eigenvalue weighted by atomic mass is 16.2. The van der Waals surface area contributed by atoms with Gasteiger partial charge in [0.1, 0.15) is 0 Å². The van der Waals surface area contributed by atoms with Gasteiger partial charge in [-0.05, 0) is 31.6 Å². The molecule has 4 rings (SSSR count). The molecule has 0 aromatic carbocycles. The van der Waals surface area contributed by atoms with Crippen LogP contribution in [0.5, 0.6) is 0 Å². The van der Waals surface area contributed by atoms with Crippen molar-refractivity contribution in [3.63, 3.8) is 0 Å². The number of likely N-dealkylation sites (tertiary alicyclic amines) is 1. The van der Waals surface area contributed by atoms with E-state index in [0.717, 1.165) is 56.9 Å². The minimum atomic E-state index is -0.104. The molecule has 3 fully saturated rings. The van der Waals surface area contributed by atoms with E-state index in [9.17, 15) is 9.59 Å². The van der Waals surface area contributed by atoms with Gasteiger partial charge in [0.15, 0.2) is 0 Å². The molecule has 26 heavy (non-hydrogen) atoms. The molecule has 1 saturated carbocycles. The molecule has 3 aliphatic rings. The Morgan fingerprint density at radius 1 is 1.08 bits per heavy atom. The molecule has 142 valence electrons. The van der Waals surface area contributed by atoms with E-state index in [2.05, 4.69) is 21.7 Å². The third-order valence-corrected chi connectivity index (χ3v) is 6.42. The summed E-state index contributed by atoms with van der Waals surface area (Å²) in [5, 5.41) is 0. The van der Waals surface area contributed by atoms with Crippen LogP contribution in [0.15, 0.2) is 10.9 Å². The number of amides is 1. The molecule has 6 nitrogen and oxygen atoms in total. The molecule has 1 N–H and O–H groups in total. The lowest BCUT2D eigenvalue weighted by Gasteiger charge is -2.31. The van der Waals surface area contributed by atoms with E-state index < -0.39 is 0 Å². The van der Waals surface area contributed by atoms with Gasteiger partial charge in [0.25, 0.3) is 5.56 Å². The Kier molecular flexibility index (Phi) is 5.00. The fourth-order valence-corrected chi connectivity index (χ4v) is 4.72. The van der Waals surface area contributed by atoms with Crippen LogP contribution >= 0.6 is 0 Å². The highest BCUT2D eigenvalue weighted by Gasteiger charge is 2.36. The number of hydrogen-bond donors (Lipinski definition) is 1. The first kappa shape index (κ1) is 17.6. The van der Waals surface area contributed by atoms with E-state index in [1.54, 1.807) is 6.07 Å². The first-order valence-electron chi connectivity index (χ1n) is 10.3. The van der Waals surface area contributed by atoms with Crippen molar-refractivity contribution >= 4 is 11.9 Å². The van der Waals surface area contributed by atoms with Crippen molar-refractivity contribution in [1.29, 1.82) is 0 Å². The summed E-state index contributed by atoms with van der Waals surface area (Å²) in [6.45, 7) is 4.86. The molecular weight excluding hydrogens is 328 g/mol. The second kappa shape index (κ2) is 7.41. The number of carbonyl (C=O) groups is 1. The van der Waals surface area contributed by atoms with E-state index in [-0.39, 0.29) is 17.4 Å². The number of anilines is 1. The van der Waals surface area contributed by atoms with Crippen LogP contribution in [0.4, 0.5) is 5.95 Å². The molecule has 6 heteroatoms. The summed E-state index contributed by atoms with van der Waals surface area (Å²) < 4.78 is 0. The summed E-state index contributed by atoms with van der Waals surface area (Å²) >= 11 is 0. The number of nitrogens with zero attached hydrogens (tertiary/aromatic N) is 3. The topological polar surface area (TPSA) is 69.3 Å². The molecule has 3 heterocycles. The lowest BCUT2D eigenvalue weighted by molar-refractivity contribution is -0.130. The van der Waals surface area contributed by atoms with Gasteiger partial charge in [-0.3, -0.25) is 14.6 Å². The molecule has 1 aromatic heterocycles. The maximum absolute atomic E-state index is 12.6. The molecule has 2 saturated heterocycles. The standard InChI is InChI=1S/C20H30N4O2/c1-14-7-9-23(10-8-14)20-21-17(12-18(25)22-20)15-11-19(26)24(13-15)16-5-3-2-4-6-16/h12,14-16H,2-11,13H2,1H3,(H,21,22,25). The van der Waals surface area contributed by atoms with Gasteiger partial charge in [-0.25, -0.2) is 4.98 Å². The lowest BCUT2D eigenvalue weighted by atomic mass is 9.94. The van der Waals surface area contributed by atoms with Crippen molar-refractivity contribution in [1.82, 2.24) is 14.9 Å². The SMILES string of the molecule is CC1CCN(c2nc(C3CC(=O)N(C4CCCCC4)C3)cc(=O)[nH]2)CC1. The molecule has 0 bridgehead atoms. The van der Waals surface area contributed by atoms with Crippen molar-refractivity contribution in [3.8, 4) is 0 Å². The molecule has 1 aliphatic carbocycles. The zero-order valence-corrected chi connectivity index (χ0v) is 15.7. The van der Waals surface area contributed by atoms with Gasteiger partial charge in [0.2, 0.25) is 11.9 Å². The normalized spacial score (nSPS) is 25.9. The van der Waals surface area contributed by atoms with Gasteiger partial charge in [-0.15, -0.1) is 0 Å². The van der Waals surface area contributed by atoms with Crippen LogP contribution < -0.4 is 10.5 Å². The quantitative estimate of drug-likeness (QED) is 0.902. The summed E-state index contributed by atoms with van der Waals surface area (Å²) in [5.41, 5.74) is 0.682. The van der Waals surface area contributed by atoms with Crippen LogP contribution in [0.1, 0.15) is 69.9 Å². The number of rotatable bonds is 3. The molecule has 1 amide bonds. The van der Waals surface area contributed by atoms with Gasteiger partial charge < -0.3 is 9.80 Å². The zero-order chi connectivity index (χ0) is 18.1. The molecule has 1 unspecified atom stereocenters. The van der Waals surface area contributed by atoms with Crippen LogP contribution in [0.2, 0.25) is 0 Å². The summed E-state index contributed by atoms with van der Waals surface area (Å²) in [7, 11) is 0. The van der Waals surface area contributed by atoms with Crippen LogP contribution in [-0.2, 0) is 4.79 Å². The van der Waals surface area contributed by atoms with Crippen molar-refractivity contribution in [3.05, 3.63) is 22.1 Å². The monoisotopic (exact) mass is 358 g/mol. The highest BCUT2D eigenvalue weighted by molar-refractivity contribution is 5.80. The Hall–Kier alpha value is -1.85. The van der Waals surface area contributed by atoms with Crippen LogP contribution in [-0.4, -0.2) is 46.5 Å². The maximum atomic E-state index is 12.6. The molecule has 1 atom stereocenters. The summed E-state index contributed by atoms with van der Waals surface area (Å²) in [5.74, 6) is 1.70. The molecule has 0 spiro atoms. The Morgan fingerprint density at radius 2 is 1.81 bits per heavy atom. The van der Waals surface area contributed by atoms with E-state index in [4.69, 9.17) is 4.98 Å². The van der Waals surface area contributed by atoms with Gasteiger partial charge in [-0.1, -0.05) is 26.2 Å². The molecular formula is C20H30N4O2. The summed E-state index contributed by atoms with van der Waals surface area (Å²) in [6.07, 6.45) is 8.73. The molecule has 2 aliphatic heterocycles. The van der Waals surface area contributed by atoms with Crippen molar-refractivity contribution in [2.45, 2.75) is 70.3 Å². The van der Waals surface area contributed by atoms with Crippen molar-refractivity contribution in [2.24, 2.45) is 5.92 Å². The number of nitrogens with one attached hydrogen (secondary N) is 1. The number of aromatic nitrogens is 2. The van der Waals surface area contributed by atoms with Crippen LogP contribution in [0.25, 0.3) is 0 Å². The second-order valence-electron chi connectivity index (χ2n) is 8.40. The Labute approximate surface area is 155 Å². The number of piperidine rings is 1. The van der Waals surface area contributed by atoms with Crippen molar-refractivity contribution < 1.29 is 4.79 Å². The fraction of sp³-hybridized carbons (Fsp3) is 0.750. The summed E-state index contributed by atoms with van der Waals surface area (Å²) in [6, 6.07) is 1.99. The third kappa shape index (κ3) is 3.64. The maximum Gasteiger partial charge on any atom is 0.252 e. The fourth-order valence-electron chi connectivity index (χ4n) is 4.72. The van der Waals surface area contributed by atoms with E-state index >= 15 is 0 Å².